The lowest BCUT2D eigenvalue weighted by molar-refractivity contribution is -0.139. The fourth-order valence-electron chi connectivity index (χ4n) is 2.42. The van der Waals surface area contributed by atoms with E-state index in [2.05, 4.69) is 5.32 Å². The standard InChI is InChI=1S/C18H18F3NO3/c1-25-11-12-5-4-6-13(9-12)17(24)22-10-16(23)14-7-2-3-8-15(14)18(19,20)21/h2-9,16,23H,10-11H2,1H3,(H,22,24)/t16-/m1/s1. The van der Waals surface area contributed by atoms with Crippen molar-refractivity contribution in [2.24, 2.45) is 0 Å². The zero-order valence-corrected chi connectivity index (χ0v) is 13.5. The van der Waals surface area contributed by atoms with Gasteiger partial charge in [0.05, 0.1) is 18.3 Å². The molecule has 0 aliphatic rings. The van der Waals surface area contributed by atoms with Crippen molar-refractivity contribution in [2.75, 3.05) is 13.7 Å². The van der Waals surface area contributed by atoms with Gasteiger partial charge >= 0.3 is 6.18 Å². The zero-order chi connectivity index (χ0) is 18.4. The Hall–Kier alpha value is -2.38. The number of aliphatic hydroxyl groups excluding tert-OH is 1. The van der Waals surface area contributed by atoms with Crippen molar-refractivity contribution in [2.45, 2.75) is 18.9 Å². The second-order valence-corrected chi connectivity index (χ2v) is 5.44. The molecule has 0 aliphatic heterocycles. The molecule has 0 aromatic heterocycles. The Labute approximate surface area is 143 Å². The summed E-state index contributed by atoms with van der Waals surface area (Å²) in [6.45, 7) is 0.00311. The summed E-state index contributed by atoms with van der Waals surface area (Å²) in [7, 11) is 1.53. The second-order valence-electron chi connectivity index (χ2n) is 5.44. The van der Waals surface area contributed by atoms with Crippen LogP contribution < -0.4 is 5.32 Å². The van der Waals surface area contributed by atoms with E-state index in [0.29, 0.717) is 12.2 Å². The van der Waals surface area contributed by atoms with E-state index in [1.807, 2.05) is 0 Å². The number of aliphatic hydroxyl groups is 1. The van der Waals surface area contributed by atoms with Gasteiger partial charge in [0.15, 0.2) is 0 Å². The number of methoxy groups -OCH3 is 1. The van der Waals surface area contributed by atoms with E-state index in [0.717, 1.165) is 11.6 Å². The fourth-order valence-corrected chi connectivity index (χ4v) is 2.42. The van der Waals surface area contributed by atoms with Crippen LogP contribution in [0.2, 0.25) is 0 Å². The van der Waals surface area contributed by atoms with Gasteiger partial charge in [-0.2, -0.15) is 13.2 Å². The molecule has 0 spiro atoms. The third-order valence-electron chi connectivity index (χ3n) is 3.58. The Kier molecular flexibility index (Phi) is 6.17. The number of carbonyl (C=O) groups excluding carboxylic acids is 1. The number of rotatable bonds is 6. The number of amides is 1. The van der Waals surface area contributed by atoms with E-state index in [1.54, 1.807) is 24.3 Å². The maximum absolute atomic E-state index is 13.0. The molecule has 25 heavy (non-hydrogen) atoms. The Balaban J connectivity index is 2.06. The van der Waals surface area contributed by atoms with Crippen molar-refractivity contribution < 1.29 is 27.8 Å². The molecule has 0 aliphatic carbocycles. The van der Waals surface area contributed by atoms with Gasteiger partial charge in [0, 0.05) is 19.2 Å². The van der Waals surface area contributed by atoms with Crippen molar-refractivity contribution in [1.82, 2.24) is 5.32 Å². The first-order valence-electron chi connectivity index (χ1n) is 7.53. The molecule has 2 rings (SSSR count). The Morgan fingerprint density at radius 2 is 1.92 bits per heavy atom. The number of carbonyl (C=O) groups is 1. The van der Waals surface area contributed by atoms with Crippen molar-refractivity contribution >= 4 is 5.91 Å². The first-order chi connectivity index (χ1) is 11.8. The summed E-state index contributed by atoms with van der Waals surface area (Å²) < 4.78 is 43.9. The van der Waals surface area contributed by atoms with Crippen LogP contribution >= 0.6 is 0 Å². The first-order valence-corrected chi connectivity index (χ1v) is 7.53. The summed E-state index contributed by atoms with van der Waals surface area (Å²) in [6, 6.07) is 11.4. The normalized spacial score (nSPS) is 12.7. The minimum atomic E-state index is -4.57. The quantitative estimate of drug-likeness (QED) is 0.838. The van der Waals surface area contributed by atoms with Gasteiger partial charge < -0.3 is 15.2 Å². The van der Waals surface area contributed by atoms with Crippen LogP contribution in [0.3, 0.4) is 0 Å². The van der Waals surface area contributed by atoms with Crippen LogP contribution in [0.1, 0.15) is 33.2 Å². The SMILES string of the molecule is COCc1cccc(C(=O)NC[C@@H](O)c2ccccc2C(F)(F)F)c1. The van der Waals surface area contributed by atoms with Crippen molar-refractivity contribution in [3.63, 3.8) is 0 Å². The highest BCUT2D eigenvalue weighted by atomic mass is 19.4. The van der Waals surface area contributed by atoms with Gasteiger partial charge in [-0.3, -0.25) is 4.79 Å². The van der Waals surface area contributed by atoms with E-state index < -0.39 is 23.8 Å². The van der Waals surface area contributed by atoms with Crippen LogP contribution in [0.4, 0.5) is 13.2 Å². The Bertz CT molecular complexity index is 732. The molecule has 134 valence electrons. The lowest BCUT2D eigenvalue weighted by atomic mass is 10.0. The van der Waals surface area contributed by atoms with Crippen molar-refractivity contribution in [3.05, 3.63) is 70.8 Å². The molecule has 7 heteroatoms. The van der Waals surface area contributed by atoms with Crippen molar-refractivity contribution in [3.8, 4) is 0 Å². The van der Waals surface area contributed by atoms with Gasteiger partial charge in [-0.05, 0) is 29.3 Å². The summed E-state index contributed by atoms with van der Waals surface area (Å²) in [4.78, 5) is 12.1. The molecule has 1 atom stereocenters. The molecule has 4 nitrogen and oxygen atoms in total. The number of benzene rings is 2. The summed E-state index contributed by atoms with van der Waals surface area (Å²) in [5, 5.41) is 12.5. The summed E-state index contributed by atoms with van der Waals surface area (Å²) >= 11 is 0. The van der Waals surface area contributed by atoms with Gasteiger partial charge in [-0.25, -0.2) is 0 Å². The Morgan fingerprint density at radius 1 is 1.20 bits per heavy atom. The smallest absolute Gasteiger partial charge is 0.387 e. The number of halogens is 3. The zero-order valence-electron chi connectivity index (χ0n) is 13.5. The fraction of sp³-hybridized carbons (Fsp3) is 0.278. The number of hydrogen-bond donors (Lipinski definition) is 2. The highest BCUT2D eigenvalue weighted by Crippen LogP contribution is 2.34. The molecule has 2 N–H and O–H groups in total. The van der Waals surface area contributed by atoms with Crippen LogP contribution in [-0.4, -0.2) is 24.7 Å². The average Bonchev–Trinajstić information content (AvgIpc) is 2.59. The summed E-state index contributed by atoms with van der Waals surface area (Å²) in [5.74, 6) is -0.485. The second kappa shape index (κ2) is 8.13. The van der Waals surface area contributed by atoms with E-state index in [-0.39, 0.29) is 12.1 Å². The molecular formula is C18H18F3NO3. The van der Waals surface area contributed by atoms with E-state index in [9.17, 15) is 23.1 Å². The van der Waals surface area contributed by atoms with E-state index >= 15 is 0 Å². The predicted octanol–water partition coefficient (Wildman–Crippen LogP) is 3.32. The molecular weight excluding hydrogens is 335 g/mol. The van der Waals surface area contributed by atoms with Gasteiger partial charge in [-0.15, -0.1) is 0 Å². The van der Waals surface area contributed by atoms with Gasteiger partial charge in [0.25, 0.3) is 5.91 Å². The molecule has 1 amide bonds. The molecule has 0 heterocycles. The number of ether oxygens (including phenoxy) is 1. The van der Waals surface area contributed by atoms with Crippen LogP contribution in [0.15, 0.2) is 48.5 Å². The van der Waals surface area contributed by atoms with Crippen LogP contribution in [0, 0.1) is 0 Å². The van der Waals surface area contributed by atoms with Gasteiger partial charge in [0.2, 0.25) is 0 Å². The van der Waals surface area contributed by atoms with Crippen LogP contribution in [-0.2, 0) is 17.5 Å². The number of nitrogens with one attached hydrogen (secondary N) is 1. The summed E-state index contributed by atoms with van der Waals surface area (Å²) in [5.41, 5.74) is -0.0637. The van der Waals surface area contributed by atoms with Crippen LogP contribution in [0.25, 0.3) is 0 Å². The monoisotopic (exact) mass is 353 g/mol. The third-order valence-corrected chi connectivity index (χ3v) is 3.58. The van der Waals surface area contributed by atoms with E-state index in [4.69, 9.17) is 4.74 Å². The third kappa shape index (κ3) is 5.04. The topological polar surface area (TPSA) is 58.6 Å². The van der Waals surface area contributed by atoms with E-state index in [1.165, 1.54) is 25.3 Å². The lowest BCUT2D eigenvalue weighted by Gasteiger charge is -2.18. The minimum absolute atomic E-state index is 0.275. The molecule has 0 bridgehead atoms. The molecule has 0 fully saturated rings. The Morgan fingerprint density at radius 3 is 2.60 bits per heavy atom. The predicted molar refractivity (Wildman–Crippen MR) is 85.9 cm³/mol. The first kappa shape index (κ1) is 19.0. The highest BCUT2D eigenvalue weighted by Gasteiger charge is 2.34. The molecule has 0 saturated heterocycles. The number of alkyl halides is 3. The minimum Gasteiger partial charge on any atom is -0.387 e. The summed E-state index contributed by atoms with van der Waals surface area (Å²) in [6.07, 6.45) is -6.04. The molecule has 0 saturated carbocycles. The molecule has 2 aromatic carbocycles. The number of hydrogen-bond acceptors (Lipinski definition) is 3. The van der Waals surface area contributed by atoms with Crippen molar-refractivity contribution in [1.29, 1.82) is 0 Å². The highest BCUT2D eigenvalue weighted by molar-refractivity contribution is 5.94. The molecule has 0 radical (unpaired) electrons. The average molecular weight is 353 g/mol. The maximum atomic E-state index is 13.0. The largest absolute Gasteiger partial charge is 0.416 e. The van der Waals surface area contributed by atoms with Crippen LogP contribution in [0.5, 0.6) is 0 Å². The van der Waals surface area contributed by atoms with Gasteiger partial charge in [0.1, 0.15) is 0 Å². The molecule has 0 unspecified atom stereocenters. The van der Waals surface area contributed by atoms with Gasteiger partial charge in [-0.1, -0.05) is 30.3 Å². The maximum Gasteiger partial charge on any atom is 0.416 e. The lowest BCUT2D eigenvalue weighted by Crippen LogP contribution is -2.29. The molecule has 2 aromatic rings.